The molecule has 0 spiro atoms. The number of hydrogen-bond donors (Lipinski definition) is 4. The minimum absolute atomic E-state index is 0.280. The van der Waals surface area contributed by atoms with Crippen LogP contribution in [-0.4, -0.2) is 33.2 Å². The van der Waals surface area contributed by atoms with Crippen LogP contribution in [0, 0.1) is 5.41 Å². The summed E-state index contributed by atoms with van der Waals surface area (Å²) in [5.41, 5.74) is -1.96. The van der Waals surface area contributed by atoms with Crippen molar-refractivity contribution < 1.29 is 19.8 Å². The third-order valence-corrected chi connectivity index (χ3v) is 11.9. The topological polar surface area (TPSA) is 98.7 Å². The Bertz CT molecular complexity index is 1610. The summed E-state index contributed by atoms with van der Waals surface area (Å²) < 4.78 is 0. The zero-order valence-corrected chi connectivity index (χ0v) is 29.3. The van der Waals surface area contributed by atoms with E-state index in [1.807, 2.05) is 74.5 Å². The highest BCUT2D eigenvalue weighted by Crippen LogP contribution is 2.43. The summed E-state index contributed by atoms with van der Waals surface area (Å²) in [4.78, 5) is 29.7. The van der Waals surface area contributed by atoms with Crippen molar-refractivity contribution in [3.8, 4) is 0 Å². The maximum Gasteiger partial charge on any atom is 0.236 e. The van der Waals surface area contributed by atoms with Gasteiger partial charge in [-0.3, -0.25) is 9.59 Å². The van der Waals surface area contributed by atoms with Crippen LogP contribution in [0.15, 0.2) is 84.9 Å². The van der Waals surface area contributed by atoms with Crippen LogP contribution in [0.2, 0.25) is 0 Å². The van der Waals surface area contributed by atoms with Crippen LogP contribution < -0.4 is 10.6 Å². The van der Waals surface area contributed by atoms with Crippen molar-refractivity contribution >= 4 is 33.4 Å². The Morgan fingerprint density at radius 1 is 0.571 bits per heavy atom. The molecule has 2 aliphatic carbocycles. The summed E-state index contributed by atoms with van der Waals surface area (Å²) in [6.45, 7) is 3.78. The van der Waals surface area contributed by atoms with E-state index in [0.717, 1.165) is 84.0 Å². The number of hydrogen-bond acceptors (Lipinski definition) is 4. The van der Waals surface area contributed by atoms with Crippen LogP contribution in [0.1, 0.15) is 127 Å². The molecule has 4 aromatic carbocycles. The fourth-order valence-electron chi connectivity index (χ4n) is 8.80. The molecule has 6 nitrogen and oxygen atoms in total. The number of benzene rings is 4. The third kappa shape index (κ3) is 7.00. The second kappa shape index (κ2) is 15.0. The predicted molar refractivity (Wildman–Crippen MR) is 198 cm³/mol. The lowest BCUT2D eigenvalue weighted by molar-refractivity contribution is -0.148. The van der Waals surface area contributed by atoms with Gasteiger partial charge in [0.25, 0.3) is 0 Å². The van der Waals surface area contributed by atoms with Crippen LogP contribution in [-0.2, 0) is 9.59 Å². The third-order valence-electron chi connectivity index (χ3n) is 11.9. The van der Waals surface area contributed by atoms with Gasteiger partial charge in [0.2, 0.25) is 11.8 Å². The fraction of sp³-hybridized carbons (Fsp3) is 0.488. The number of rotatable bonds is 10. The maximum absolute atomic E-state index is 14.9. The molecule has 6 rings (SSSR count). The molecule has 0 saturated heterocycles. The molecule has 0 aliphatic heterocycles. The van der Waals surface area contributed by atoms with Crippen LogP contribution in [0.5, 0.6) is 0 Å². The zero-order chi connectivity index (χ0) is 34.5. The standard InChI is InChI=1S/C43H54N2O4/c1-3-41(4-2,39(46)44-37(42(48)27-13-5-6-14-28-42)35-25-17-21-31-19-9-11-23-33(31)35)40(47)45-38(43(49)29-15-7-8-16-30-43)36-26-18-22-32-20-10-12-24-34(32)36/h9-12,17-26,37-38,48-49H,3-8,13-16,27-30H2,1-2H3,(H,44,46)(H,45,47)/t37-,38-/m0/s1. The van der Waals surface area contributed by atoms with Gasteiger partial charge in [-0.25, -0.2) is 0 Å². The molecule has 260 valence electrons. The molecule has 2 saturated carbocycles. The summed E-state index contributed by atoms with van der Waals surface area (Å²) in [6.07, 6.45) is 10.6. The maximum atomic E-state index is 14.9. The van der Waals surface area contributed by atoms with E-state index in [0.29, 0.717) is 25.7 Å². The van der Waals surface area contributed by atoms with E-state index < -0.39 is 28.7 Å². The number of carbonyl (C=O) groups is 2. The Morgan fingerprint density at radius 3 is 1.29 bits per heavy atom. The normalized spacial score (nSPS) is 19.3. The summed E-state index contributed by atoms with van der Waals surface area (Å²) in [5.74, 6) is -0.759. The Kier molecular flexibility index (Phi) is 10.8. The van der Waals surface area contributed by atoms with E-state index in [4.69, 9.17) is 0 Å². The largest absolute Gasteiger partial charge is 0.387 e. The first-order valence-corrected chi connectivity index (χ1v) is 18.8. The highest BCUT2D eigenvalue weighted by molar-refractivity contribution is 6.05. The number of carbonyl (C=O) groups excluding carboxylic acids is 2. The molecule has 0 radical (unpaired) electrons. The lowest BCUT2D eigenvalue weighted by atomic mass is 9.76. The van der Waals surface area contributed by atoms with Crippen molar-refractivity contribution in [2.75, 3.05) is 0 Å². The molecule has 0 aromatic heterocycles. The van der Waals surface area contributed by atoms with Gasteiger partial charge in [-0.15, -0.1) is 0 Å². The molecule has 2 aliphatic rings. The van der Waals surface area contributed by atoms with E-state index in [1.54, 1.807) is 0 Å². The highest BCUT2D eigenvalue weighted by atomic mass is 16.3. The Morgan fingerprint density at radius 2 is 0.918 bits per heavy atom. The van der Waals surface area contributed by atoms with Crippen molar-refractivity contribution in [1.82, 2.24) is 10.6 Å². The molecule has 4 aromatic rings. The smallest absolute Gasteiger partial charge is 0.236 e. The minimum atomic E-state index is -1.41. The first kappa shape index (κ1) is 35.1. The number of nitrogens with one attached hydrogen (secondary N) is 2. The summed E-state index contributed by atoms with van der Waals surface area (Å²) in [6, 6.07) is 26.9. The van der Waals surface area contributed by atoms with Gasteiger partial charge in [0.05, 0.1) is 23.3 Å². The van der Waals surface area contributed by atoms with E-state index in [2.05, 4.69) is 34.9 Å². The van der Waals surface area contributed by atoms with E-state index in [9.17, 15) is 19.8 Å². The van der Waals surface area contributed by atoms with Gasteiger partial charge < -0.3 is 20.8 Å². The average molecular weight is 663 g/mol. The molecular weight excluding hydrogens is 608 g/mol. The molecule has 0 bridgehead atoms. The van der Waals surface area contributed by atoms with Gasteiger partial charge in [-0.05, 0) is 71.2 Å². The number of fused-ring (bicyclic) bond motifs is 2. The second-order valence-corrected chi connectivity index (χ2v) is 14.8. The molecule has 49 heavy (non-hydrogen) atoms. The quantitative estimate of drug-likeness (QED) is 0.101. The van der Waals surface area contributed by atoms with Gasteiger partial charge in [-0.1, -0.05) is 150 Å². The second-order valence-electron chi connectivity index (χ2n) is 14.8. The highest BCUT2D eigenvalue weighted by Gasteiger charge is 2.49. The molecule has 4 N–H and O–H groups in total. The number of aliphatic hydroxyl groups is 2. The summed E-state index contributed by atoms with van der Waals surface area (Å²) in [5, 5.41) is 35.5. The van der Waals surface area contributed by atoms with Crippen molar-refractivity contribution in [2.45, 2.75) is 127 Å². The predicted octanol–water partition coefficient (Wildman–Crippen LogP) is 8.98. The van der Waals surface area contributed by atoms with Gasteiger partial charge in [0, 0.05) is 0 Å². The first-order valence-electron chi connectivity index (χ1n) is 18.8. The fourth-order valence-corrected chi connectivity index (χ4v) is 8.80. The molecule has 2 amide bonds. The van der Waals surface area contributed by atoms with Crippen LogP contribution in [0.4, 0.5) is 0 Å². The molecule has 0 heterocycles. The lowest BCUT2D eigenvalue weighted by Gasteiger charge is -2.41. The van der Waals surface area contributed by atoms with Crippen LogP contribution in [0.3, 0.4) is 0 Å². The summed E-state index contributed by atoms with van der Waals surface area (Å²) in [7, 11) is 0. The van der Waals surface area contributed by atoms with Gasteiger partial charge in [-0.2, -0.15) is 0 Å². The van der Waals surface area contributed by atoms with Crippen molar-refractivity contribution in [1.29, 1.82) is 0 Å². The SMILES string of the molecule is CCC(CC)(C(=O)N[C@@H](c1cccc2ccccc12)C1(O)CCCCCC1)C(=O)N[C@@H](c1cccc2ccccc12)C1(O)CCCCCC1. The molecule has 2 fully saturated rings. The first-order chi connectivity index (χ1) is 23.7. The lowest BCUT2D eigenvalue weighted by Crippen LogP contribution is -2.57. The molecule has 0 unspecified atom stereocenters. The van der Waals surface area contributed by atoms with Gasteiger partial charge >= 0.3 is 0 Å². The Balaban J connectivity index is 1.39. The molecule has 2 atom stereocenters. The van der Waals surface area contributed by atoms with E-state index in [-0.39, 0.29) is 24.7 Å². The molecular formula is C43H54N2O4. The Labute approximate surface area is 291 Å². The monoisotopic (exact) mass is 662 g/mol. The van der Waals surface area contributed by atoms with Crippen molar-refractivity contribution in [2.24, 2.45) is 5.41 Å². The van der Waals surface area contributed by atoms with Gasteiger partial charge in [0.1, 0.15) is 5.41 Å². The average Bonchev–Trinajstić information content (AvgIpc) is 3.50. The van der Waals surface area contributed by atoms with Crippen molar-refractivity contribution in [3.63, 3.8) is 0 Å². The Hall–Kier alpha value is -3.74. The summed E-state index contributed by atoms with van der Waals surface area (Å²) >= 11 is 0. The van der Waals surface area contributed by atoms with Crippen LogP contribution in [0.25, 0.3) is 21.5 Å². The number of amides is 2. The van der Waals surface area contributed by atoms with Crippen LogP contribution >= 0.6 is 0 Å². The van der Waals surface area contributed by atoms with E-state index >= 15 is 0 Å². The van der Waals surface area contributed by atoms with E-state index in [1.165, 1.54) is 0 Å². The van der Waals surface area contributed by atoms with Gasteiger partial charge in [0.15, 0.2) is 0 Å². The minimum Gasteiger partial charge on any atom is -0.387 e. The van der Waals surface area contributed by atoms with Crippen molar-refractivity contribution in [3.05, 3.63) is 96.1 Å². The zero-order valence-electron chi connectivity index (χ0n) is 29.3. The molecule has 6 heteroatoms.